The summed E-state index contributed by atoms with van der Waals surface area (Å²) in [5, 5.41) is 6.14. The van der Waals surface area contributed by atoms with Crippen LogP contribution < -0.4 is 5.32 Å². The number of anilines is 1. The van der Waals surface area contributed by atoms with Crippen molar-refractivity contribution in [1.82, 2.24) is 14.9 Å². The predicted molar refractivity (Wildman–Crippen MR) is 122 cm³/mol. The summed E-state index contributed by atoms with van der Waals surface area (Å²) in [5.41, 5.74) is 2.30. The summed E-state index contributed by atoms with van der Waals surface area (Å²) in [6.45, 7) is 1.46. The molecular formula is C24H26N4O2S. The Hall–Kier alpha value is -2.80. The first kappa shape index (κ1) is 20.1. The minimum Gasteiger partial charge on any atom is -0.342 e. The van der Waals surface area contributed by atoms with Crippen LogP contribution >= 0.6 is 11.3 Å². The number of thiazole rings is 1. The van der Waals surface area contributed by atoms with Crippen molar-refractivity contribution in [3.63, 3.8) is 0 Å². The zero-order valence-electron chi connectivity index (χ0n) is 17.4. The van der Waals surface area contributed by atoms with Crippen LogP contribution in [0.5, 0.6) is 0 Å². The molecule has 0 unspecified atom stereocenters. The first-order valence-electron chi connectivity index (χ1n) is 11.1. The molecule has 160 valence electrons. The molecule has 1 N–H and O–H groups in total. The number of para-hydroxylation sites is 1. The van der Waals surface area contributed by atoms with Gasteiger partial charge in [0.25, 0.3) is 5.91 Å². The van der Waals surface area contributed by atoms with Crippen LogP contribution in [-0.4, -0.2) is 39.8 Å². The predicted octanol–water partition coefficient (Wildman–Crippen LogP) is 4.84. The van der Waals surface area contributed by atoms with Gasteiger partial charge in [0.1, 0.15) is 0 Å². The van der Waals surface area contributed by atoms with Gasteiger partial charge in [-0.2, -0.15) is 0 Å². The van der Waals surface area contributed by atoms with Gasteiger partial charge in [-0.3, -0.25) is 19.9 Å². The fourth-order valence-corrected chi connectivity index (χ4v) is 5.38. The largest absolute Gasteiger partial charge is 0.342 e. The minimum absolute atomic E-state index is 0.156. The standard InChI is InChI=1S/C24H26N4O2S/c29-22(27-24-25-11-13-31-24)19-14-21(26-20-9-5-4-8-18(19)20)17-10-12-28(15-17)23(30)16-6-2-1-3-7-16/h4-5,8-9,11,13-14,16-17H,1-3,6-7,10,12,15H2,(H,25,27,29)/t17-/m0/s1. The molecule has 31 heavy (non-hydrogen) atoms. The Morgan fingerprint density at radius 3 is 2.74 bits per heavy atom. The van der Waals surface area contributed by atoms with Crippen LogP contribution in [0.4, 0.5) is 5.13 Å². The van der Waals surface area contributed by atoms with Gasteiger partial charge in [-0.15, -0.1) is 11.3 Å². The molecule has 7 heteroatoms. The van der Waals surface area contributed by atoms with E-state index < -0.39 is 0 Å². The van der Waals surface area contributed by atoms with Crippen molar-refractivity contribution in [2.75, 3.05) is 18.4 Å². The Labute approximate surface area is 185 Å². The van der Waals surface area contributed by atoms with Gasteiger partial charge in [-0.25, -0.2) is 4.98 Å². The monoisotopic (exact) mass is 434 g/mol. The second kappa shape index (κ2) is 8.75. The number of hydrogen-bond acceptors (Lipinski definition) is 5. The van der Waals surface area contributed by atoms with E-state index in [0.717, 1.165) is 55.2 Å². The average Bonchev–Trinajstić information content (AvgIpc) is 3.51. The molecule has 1 saturated heterocycles. The number of fused-ring (bicyclic) bond motifs is 1. The summed E-state index contributed by atoms with van der Waals surface area (Å²) in [4.78, 5) is 37.1. The van der Waals surface area contributed by atoms with Crippen LogP contribution in [0.3, 0.4) is 0 Å². The summed E-state index contributed by atoms with van der Waals surface area (Å²) >= 11 is 1.39. The van der Waals surface area contributed by atoms with Crippen LogP contribution in [0.1, 0.15) is 60.5 Å². The number of amides is 2. The highest BCUT2D eigenvalue weighted by Crippen LogP contribution is 2.32. The molecule has 1 aliphatic carbocycles. The number of benzene rings is 1. The van der Waals surface area contributed by atoms with Gasteiger partial charge in [0.2, 0.25) is 5.91 Å². The maximum Gasteiger partial charge on any atom is 0.258 e. The van der Waals surface area contributed by atoms with Crippen molar-refractivity contribution >= 4 is 39.2 Å². The molecule has 2 amide bonds. The molecule has 2 fully saturated rings. The SMILES string of the molecule is O=C(Nc1nccs1)c1cc([C@H]2CCN(C(=O)C3CCCCC3)C2)nc2ccccc12. The van der Waals surface area contributed by atoms with E-state index in [-0.39, 0.29) is 17.7 Å². The number of nitrogens with zero attached hydrogens (tertiary/aromatic N) is 3. The second-order valence-electron chi connectivity index (χ2n) is 8.51. The Kier molecular flexibility index (Phi) is 5.68. The van der Waals surface area contributed by atoms with Crippen molar-refractivity contribution in [3.8, 4) is 0 Å². The fourth-order valence-electron chi connectivity index (χ4n) is 4.85. The first-order chi connectivity index (χ1) is 15.2. The van der Waals surface area contributed by atoms with Crippen molar-refractivity contribution in [1.29, 1.82) is 0 Å². The lowest BCUT2D eigenvalue weighted by molar-refractivity contribution is -0.135. The third-order valence-corrected chi connectivity index (χ3v) is 7.19. The fraction of sp³-hybridized carbons (Fsp3) is 0.417. The minimum atomic E-state index is -0.178. The van der Waals surface area contributed by atoms with Crippen molar-refractivity contribution in [3.05, 3.63) is 53.2 Å². The van der Waals surface area contributed by atoms with Crippen LogP contribution in [0, 0.1) is 5.92 Å². The number of carbonyl (C=O) groups is 2. The van der Waals surface area contributed by atoms with Gasteiger partial charge in [0.15, 0.2) is 5.13 Å². The topological polar surface area (TPSA) is 75.2 Å². The number of hydrogen-bond donors (Lipinski definition) is 1. The summed E-state index contributed by atoms with van der Waals surface area (Å²) in [7, 11) is 0. The second-order valence-corrected chi connectivity index (χ2v) is 9.40. The summed E-state index contributed by atoms with van der Waals surface area (Å²) in [6.07, 6.45) is 8.18. The quantitative estimate of drug-likeness (QED) is 0.638. The third-order valence-electron chi connectivity index (χ3n) is 6.51. The summed E-state index contributed by atoms with van der Waals surface area (Å²) in [6, 6.07) is 9.64. The maximum atomic E-state index is 13.0. The van der Waals surface area contributed by atoms with Crippen molar-refractivity contribution in [2.24, 2.45) is 5.92 Å². The molecule has 5 rings (SSSR count). The molecule has 1 aromatic carbocycles. The van der Waals surface area contributed by atoms with Gasteiger partial charge in [-0.1, -0.05) is 37.5 Å². The van der Waals surface area contributed by atoms with E-state index in [4.69, 9.17) is 4.98 Å². The number of nitrogens with one attached hydrogen (secondary N) is 1. The number of rotatable bonds is 4. The molecule has 1 saturated carbocycles. The molecule has 3 heterocycles. The van der Waals surface area contributed by atoms with Crippen molar-refractivity contribution in [2.45, 2.75) is 44.4 Å². The van der Waals surface area contributed by atoms with Gasteiger partial charge in [-0.05, 0) is 31.4 Å². The molecule has 0 bridgehead atoms. The summed E-state index contributed by atoms with van der Waals surface area (Å²) < 4.78 is 0. The van der Waals surface area contributed by atoms with E-state index in [1.165, 1.54) is 17.8 Å². The van der Waals surface area contributed by atoms with Gasteiger partial charge in [0.05, 0.1) is 11.1 Å². The van der Waals surface area contributed by atoms with E-state index >= 15 is 0 Å². The van der Waals surface area contributed by atoms with E-state index in [1.54, 1.807) is 6.20 Å². The Morgan fingerprint density at radius 2 is 1.94 bits per heavy atom. The molecule has 6 nitrogen and oxygen atoms in total. The molecule has 3 aromatic rings. The molecule has 1 aliphatic heterocycles. The smallest absolute Gasteiger partial charge is 0.258 e. The molecule has 2 aliphatic rings. The molecular weight excluding hydrogens is 408 g/mol. The van der Waals surface area contributed by atoms with Gasteiger partial charge >= 0.3 is 0 Å². The normalized spacial score (nSPS) is 19.6. The molecule has 0 radical (unpaired) electrons. The van der Waals surface area contributed by atoms with Gasteiger partial charge < -0.3 is 4.90 Å². The summed E-state index contributed by atoms with van der Waals surface area (Å²) in [5.74, 6) is 0.480. The van der Waals surface area contributed by atoms with E-state index in [9.17, 15) is 9.59 Å². The number of aromatic nitrogens is 2. The van der Waals surface area contributed by atoms with Crippen LogP contribution in [0.2, 0.25) is 0 Å². The lowest BCUT2D eigenvalue weighted by atomic mass is 9.88. The molecule has 1 atom stereocenters. The van der Waals surface area contributed by atoms with E-state index in [0.29, 0.717) is 23.1 Å². The number of carbonyl (C=O) groups excluding carboxylic acids is 2. The van der Waals surface area contributed by atoms with Crippen LogP contribution in [0.15, 0.2) is 41.9 Å². The van der Waals surface area contributed by atoms with E-state index in [2.05, 4.69) is 10.3 Å². The lowest BCUT2D eigenvalue weighted by Gasteiger charge is -2.26. The highest BCUT2D eigenvalue weighted by Gasteiger charge is 2.33. The lowest BCUT2D eigenvalue weighted by Crippen LogP contribution is -2.35. The zero-order valence-corrected chi connectivity index (χ0v) is 18.2. The Bertz CT molecular complexity index is 1090. The Morgan fingerprint density at radius 1 is 1.10 bits per heavy atom. The third kappa shape index (κ3) is 4.19. The van der Waals surface area contributed by atoms with Crippen LogP contribution in [0.25, 0.3) is 10.9 Å². The highest BCUT2D eigenvalue weighted by atomic mass is 32.1. The number of likely N-dealkylation sites (tertiary alicyclic amines) is 1. The zero-order chi connectivity index (χ0) is 21.2. The maximum absolute atomic E-state index is 13.0. The average molecular weight is 435 g/mol. The first-order valence-corrected chi connectivity index (χ1v) is 12.0. The van der Waals surface area contributed by atoms with Crippen molar-refractivity contribution < 1.29 is 9.59 Å². The van der Waals surface area contributed by atoms with Gasteiger partial charge in [0, 0.05) is 47.6 Å². The Balaban J connectivity index is 1.40. The highest BCUT2D eigenvalue weighted by molar-refractivity contribution is 7.13. The van der Waals surface area contributed by atoms with E-state index in [1.807, 2.05) is 40.6 Å². The van der Waals surface area contributed by atoms with Crippen LogP contribution in [-0.2, 0) is 4.79 Å². The molecule has 2 aromatic heterocycles. The molecule has 0 spiro atoms. The number of pyridine rings is 1.